The minimum atomic E-state index is 0.516. The number of anilines is 1. The fourth-order valence-corrected chi connectivity index (χ4v) is 2.63. The first kappa shape index (κ1) is 12.2. The minimum Gasteiger partial charge on any atom is -0.369 e. The van der Waals surface area contributed by atoms with E-state index in [0.717, 1.165) is 26.8 Å². The van der Waals surface area contributed by atoms with Crippen molar-refractivity contribution in [3.05, 3.63) is 52.0 Å². The van der Waals surface area contributed by atoms with Crippen LogP contribution in [-0.4, -0.2) is 9.55 Å². The zero-order valence-electron chi connectivity index (χ0n) is 10.8. The number of hydrogen-bond acceptors (Lipinski definition) is 2. The van der Waals surface area contributed by atoms with E-state index in [0.29, 0.717) is 5.95 Å². The Morgan fingerprint density at radius 2 is 1.89 bits per heavy atom. The third-order valence-electron chi connectivity index (χ3n) is 3.25. The summed E-state index contributed by atoms with van der Waals surface area (Å²) in [5.74, 6) is 0.516. The van der Waals surface area contributed by atoms with Crippen molar-refractivity contribution < 1.29 is 0 Å². The van der Waals surface area contributed by atoms with Crippen LogP contribution in [0.1, 0.15) is 11.1 Å². The van der Waals surface area contributed by atoms with Crippen molar-refractivity contribution in [3.63, 3.8) is 0 Å². The fourth-order valence-electron chi connectivity index (χ4n) is 2.29. The molecule has 3 nitrogen and oxygen atoms in total. The number of nitrogen functional groups attached to an aromatic ring is 1. The number of nitrogens with two attached hydrogens (primary N) is 1. The SMILES string of the molecule is Cc1ccc2c(c1)nc(N)n2-c1cc(Br)ccc1C. The van der Waals surface area contributed by atoms with Crippen LogP contribution in [-0.2, 0) is 0 Å². The Balaban J connectivity index is 2.36. The van der Waals surface area contributed by atoms with Crippen LogP contribution in [0.5, 0.6) is 0 Å². The first-order chi connectivity index (χ1) is 9.06. The molecule has 96 valence electrons. The van der Waals surface area contributed by atoms with Crippen LogP contribution < -0.4 is 5.73 Å². The molecule has 1 heterocycles. The molecule has 0 aliphatic carbocycles. The van der Waals surface area contributed by atoms with Crippen molar-refractivity contribution in [2.24, 2.45) is 0 Å². The summed E-state index contributed by atoms with van der Waals surface area (Å²) in [5, 5.41) is 0. The lowest BCUT2D eigenvalue weighted by Crippen LogP contribution is -2.02. The van der Waals surface area contributed by atoms with Crippen LogP contribution in [0.3, 0.4) is 0 Å². The van der Waals surface area contributed by atoms with Crippen molar-refractivity contribution >= 4 is 32.9 Å². The van der Waals surface area contributed by atoms with E-state index in [-0.39, 0.29) is 0 Å². The summed E-state index contributed by atoms with van der Waals surface area (Å²) in [6.07, 6.45) is 0. The van der Waals surface area contributed by atoms with Crippen molar-refractivity contribution in [3.8, 4) is 5.69 Å². The molecule has 19 heavy (non-hydrogen) atoms. The van der Waals surface area contributed by atoms with Crippen molar-refractivity contribution in [1.82, 2.24) is 9.55 Å². The molecule has 1 aromatic heterocycles. The van der Waals surface area contributed by atoms with Crippen molar-refractivity contribution in [2.75, 3.05) is 5.73 Å². The summed E-state index contributed by atoms with van der Waals surface area (Å²) in [6, 6.07) is 12.3. The third kappa shape index (κ3) is 2.02. The van der Waals surface area contributed by atoms with Crippen LogP contribution in [0.2, 0.25) is 0 Å². The maximum absolute atomic E-state index is 6.09. The maximum Gasteiger partial charge on any atom is 0.205 e. The summed E-state index contributed by atoms with van der Waals surface area (Å²) in [7, 11) is 0. The second-order valence-electron chi connectivity index (χ2n) is 4.73. The van der Waals surface area contributed by atoms with E-state index in [4.69, 9.17) is 5.73 Å². The number of nitrogens with zero attached hydrogens (tertiary/aromatic N) is 2. The predicted octanol–water partition coefficient (Wildman–Crippen LogP) is 3.99. The summed E-state index contributed by atoms with van der Waals surface area (Å²) in [6.45, 7) is 4.13. The molecule has 0 aliphatic rings. The molecule has 0 saturated heterocycles. The van der Waals surface area contributed by atoms with Gasteiger partial charge in [-0.2, -0.15) is 0 Å². The van der Waals surface area contributed by atoms with Gasteiger partial charge in [0.25, 0.3) is 0 Å². The average molecular weight is 316 g/mol. The number of rotatable bonds is 1. The number of hydrogen-bond donors (Lipinski definition) is 1. The lowest BCUT2D eigenvalue weighted by atomic mass is 10.2. The fraction of sp³-hybridized carbons (Fsp3) is 0.133. The summed E-state index contributed by atoms with van der Waals surface area (Å²) < 4.78 is 3.02. The molecule has 2 N–H and O–H groups in total. The van der Waals surface area contributed by atoms with Crippen molar-refractivity contribution in [1.29, 1.82) is 0 Å². The number of fused-ring (bicyclic) bond motifs is 1. The van der Waals surface area contributed by atoms with Crippen molar-refractivity contribution in [2.45, 2.75) is 13.8 Å². The topological polar surface area (TPSA) is 43.8 Å². The Morgan fingerprint density at radius 1 is 1.11 bits per heavy atom. The third-order valence-corrected chi connectivity index (χ3v) is 3.74. The second-order valence-corrected chi connectivity index (χ2v) is 5.64. The van der Waals surface area contributed by atoms with Gasteiger partial charge >= 0.3 is 0 Å². The Bertz CT molecular complexity index is 774. The Labute approximate surface area is 120 Å². The number of aromatic nitrogens is 2. The molecule has 0 atom stereocenters. The predicted molar refractivity (Wildman–Crippen MR) is 82.7 cm³/mol. The van der Waals surface area contributed by atoms with Gasteiger partial charge in [-0.3, -0.25) is 4.57 Å². The largest absolute Gasteiger partial charge is 0.369 e. The molecule has 0 fully saturated rings. The molecule has 0 bridgehead atoms. The average Bonchev–Trinajstić information content (AvgIpc) is 2.67. The second kappa shape index (κ2) is 4.38. The van der Waals surface area contributed by atoms with Gasteiger partial charge < -0.3 is 5.73 Å². The van der Waals surface area contributed by atoms with E-state index in [1.807, 2.05) is 10.6 Å². The molecule has 0 aliphatic heterocycles. The molecule has 0 unspecified atom stereocenters. The minimum absolute atomic E-state index is 0.516. The Morgan fingerprint density at radius 3 is 2.68 bits per heavy atom. The van der Waals surface area contributed by atoms with Gasteiger partial charge in [0.2, 0.25) is 5.95 Å². The van der Waals surface area contributed by atoms with Crippen LogP contribution >= 0.6 is 15.9 Å². The molecule has 0 saturated carbocycles. The molecule has 0 spiro atoms. The van der Waals surface area contributed by atoms with Gasteiger partial charge in [0, 0.05) is 4.47 Å². The lowest BCUT2D eigenvalue weighted by molar-refractivity contribution is 1.09. The van der Waals surface area contributed by atoms with Crippen LogP contribution in [0.25, 0.3) is 16.7 Å². The van der Waals surface area contributed by atoms with Gasteiger partial charge in [-0.1, -0.05) is 28.1 Å². The van der Waals surface area contributed by atoms with E-state index in [1.165, 1.54) is 5.56 Å². The monoisotopic (exact) mass is 315 g/mol. The Hall–Kier alpha value is -1.81. The number of imidazole rings is 1. The molecule has 3 rings (SSSR count). The van der Waals surface area contributed by atoms with Crippen LogP contribution in [0.4, 0.5) is 5.95 Å². The van der Waals surface area contributed by atoms with Crippen LogP contribution in [0.15, 0.2) is 40.9 Å². The highest BCUT2D eigenvalue weighted by atomic mass is 79.9. The number of aryl methyl sites for hydroxylation is 2. The maximum atomic E-state index is 6.09. The van der Waals surface area contributed by atoms with Gasteiger partial charge in [-0.25, -0.2) is 4.98 Å². The molecule has 0 amide bonds. The quantitative estimate of drug-likeness (QED) is 0.738. The molecule has 4 heteroatoms. The molecule has 2 aromatic carbocycles. The van der Waals surface area contributed by atoms with E-state index < -0.39 is 0 Å². The molecule has 0 radical (unpaired) electrons. The first-order valence-corrected chi connectivity index (χ1v) is 6.86. The van der Waals surface area contributed by atoms with Gasteiger partial charge in [-0.05, 0) is 49.2 Å². The summed E-state index contributed by atoms with van der Waals surface area (Å²) >= 11 is 3.51. The highest BCUT2D eigenvalue weighted by Crippen LogP contribution is 2.27. The smallest absolute Gasteiger partial charge is 0.205 e. The highest BCUT2D eigenvalue weighted by Gasteiger charge is 2.12. The van der Waals surface area contributed by atoms with Gasteiger partial charge in [0.05, 0.1) is 16.7 Å². The molecule has 3 aromatic rings. The number of benzene rings is 2. The van der Waals surface area contributed by atoms with E-state index in [2.05, 4.69) is 65.1 Å². The highest BCUT2D eigenvalue weighted by molar-refractivity contribution is 9.10. The molecular weight excluding hydrogens is 302 g/mol. The molecular formula is C15H14BrN3. The van der Waals surface area contributed by atoms with E-state index in [9.17, 15) is 0 Å². The van der Waals surface area contributed by atoms with Gasteiger partial charge in [0.15, 0.2) is 0 Å². The summed E-state index contributed by atoms with van der Waals surface area (Å²) in [4.78, 5) is 4.45. The van der Waals surface area contributed by atoms with Crippen LogP contribution in [0, 0.1) is 13.8 Å². The first-order valence-electron chi connectivity index (χ1n) is 6.07. The summed E-state index contributed by atoms with van der Waals surface area (Å²) in [5.41, 5.74) is 11.4. The van der Waals surface area contributed by atoms with E-state index >= 15 is 0 Å². The standard InChI is InChI=1S/C15H14BrN3/c1-9-3-6-13-12(7-9)18-15(17)19(13)14-8-11(16)5-4-10(14)2/h3-8H,1-2H3,(H2,17,18). The zero-order valence-corrected chi connectivity index (χ0v) is 12.4. The van der Waals surface area contributed by atoms with E-state index in [1.54, 1.807) is 0 Å². The zero-order chi connectivity index (χ0) is 13.6. The van der Waals surface area contributed by atoms with Gasteiger partial charge in [-0.15, -0.1) is 0 Å². The lowest BCUT2D eigenvalue weighted by Gasteiger charge is -2.10. The normalized spacial score (nSPS) is 11.1. The van der Waals surface area contributed by atoms with Gasteiger partial charge in [0.1, 0.15) is 0 Å². The number of halogens is 1. The Kier molecular flexibility index (Phi) is 2.82.